The molecular formula is C15H21ClF2N2O3S. The number of carbonyl (C=O) groups excluding carboxylic acids is 1. The predicted molar refractivity (Wildman–Crippen MR) is 90.3 cm³/mol. The maximum Gasteiger partial charge on any atom is 0.337 e. The maximum atomic E-state index is 12.5. The molecule has 0 spiro atoms. The molecule has 1 N–H and O–H groups in total. The van der Waals surface area contributed by atoms with Crippen LogP contribution in [0.2, 0.25) is 0 Å². The molecule has 0 aromatic heterocycles. The maximum absolute atomic E-state index is 12.5. The molecule has 1 atom stereocenters. The minimum atomic E-state index is -4.45. The molecule has 1 heterocycles. The molecule has 136 valence electrons. The van der Waals surface area contributed by atoms with Gasteiger partial charge in [0.25, 0.3) is 5.91 Å². The topological polar surface area (TPSA) is 66.5 Å². The van der Waals surface area contributed by atoms with Gasteiger partial charge in [0.05, 0.1) is 5.75 Å². The second-order valence-electron chi connectivity index (χ2n) is 5.62. The van der Waals surface area contributed by atoms with E-state index in [4.69, 9.17) is 0 Å². The number of halogens is 3. The lowest BCUT2D eigenvalue weighted by Crippen LogP contribution is -2.40. The summed E-state index contributed by atoms with van der Waals surface area (Å²) < 4.78 is 47.2. The average Bonchev–Trinajstić information content (AvgIpc) is 2.95. The van der Waals surface area contributed by atoms with Crippen molar-refractivity contribution in [3.63, 3.8) is 0 Å². The van der Waals surface area contributed by atoms with Gasteiger partial charge in [-0.2, -0.15) is 8.78 Å². The molecule has 1 fully saturated rings. The second kappa shape index (κ2) is 8.73. The SMILES string of the molecule is CNCC1CCCN1C(=O)c1ccc(CS(=O)(=O)C(F)F)cc1.Cl. The summed E-state index contributed by atoms with van der Waals surface area (Å²) in [6, 6.07) is 5.96. The van der Waals surface area contributed by atoms with Crippen LogP contribution < -0.4 is 5.32 Å². The van der Waals surface area contributed by atoms with Crippen molar-refractivity contribution < 1.29 is 22.0 Å². The van der Waals surface area contributed by atoms with Crippen molar-refractivity contribution in [1.82, 2.24) is 10.2 Å². The van der Waals surface area contributed by atoms with E-state index in [1.54, 1.807) is 4.90 Å². The number of likely N-dealkylation sites (N-methyl/N-ethyl adjacent to an activating group) is 1. The van der Waals surface area contributed by atoms with Crippen LogP contribution in [0, 0.1) is 0 Å². The van der Waals surface area contributed by atoms with Crippen molar-refractivity contribution >= 4 is 28.2 Å². The molecule has 2 rings (SSSR count). The number of carbonyl (C=O) groups is 1. The summed E-state index contributed by atoms with van der Waals surface area (Å²) in [5.74, 6) is -4.24. The number of amides is 1. The van der Waals surface area contributed by atoms with Crippen molar-refractivity contribution in [2.24, 2.45) is 0 Å². The quantitative estimate of drug-likeness (QED) is 0.818. The first kappa shape index (κ1) is 20.8. The van der Waals surface area contributed by atoms with Crippen LogP contribution in [0.15, 0.2) is 24.3 Å². The van der Waals surface area contributed by atoms with Gasteiger partial charge in [-0.25, -0.2) is 8.42 Å². The minimum Gasteiger partial charge on any atom is -0.334 e. The van der Waals surface area contributed by atoms with Gasteiger partial charge < -0.3 is 10.2 Å². The van der Waals surface area contributed by atoms with Crippen LogP contribution in [0.5, 0.6) is 0 Å². The molecule has 0 saturated carbocycles. The molecule has 1 aromatic carbocycles. The van der Waals surface area contributed by atoms with E-state index in [9.17, 15) is 22.0 Å². The Kier molecular flexibility index (Phi) is 7.56. The van der Waals surface area contributed by atoms with Gasteiger partial charge in [-0.3, -0.25) is 4.79 Å². The summed E-state index contributed by atoms with van der Waals surface area (Å²) in [5, 5.41) is 3.06. The van der Waals surface area contributed by atoms with Crippen LogP contribution in [0.3, 0.4) is 0 Å². The fourth-order valence-corrected chi connectivity index (χ4v) is 3.54. The van der Waals surface area contributed by atoms with Gasteiger partial charge in [0.1, 0.15) is 0 Å². The zero-order chi connectivity index (χ0) is 17.0. The highest BCUT2D eigenvalue weighted by Gasteiger charge is 2.29. The first-order chi connectivity index (χ1) is 10.8. The lowest BCUT2D eigenvalue weighted by Gasteiger charge is -2.24. The van der Waals surface area contributed by atoms with Gasteiger partial charge in [-0.05, 0) is 37.6 Å². The number of nitrogens with one attached hydrogen (secondary N) is 1. The smallest absolute Gasteiger partial charge is 0.334 e. The normalized spacial score (nSPS) is 17.8. The highest BCUT2D eigenvalue weighted by molar-refractivity contribution is 7.90. The molecule has 1 amide bonds. The first-order valence-electron chi connectivity index (χ1n) is 7.39. The predicted octanol–water partition coefficient (Wildman–Crippen LogP) is 2.07. The van der Waals surface area contributed by atoms with Gasteiger partial charge in [-0.15, -0.1) is 12.4 Å². The van der Waals surface area contributed by atoms with Crippen LogP contribution in [0.25, 0.3) is 0 Å². The van der Waals surface area contributed by atoms with Gasteiger partial charge in [-0.1, -0.05) is 12.1 Å². The van der Waals surface area contributed by atoms with Crippen molar-refractivity contribution in [2.75, 3.05) is 20.1 Å². The van der Waals surface area contributed by atoms with Crippen LogP contribution in [-0.4, -0.2) is 51.2 Å². The number of hydrogen-bond donors (Lipinski definition) is 1. The van der Waals surface area contributed by atoms with Crippen molar-refractivity contribution in [3.05, 3.63) is 35.4 Å². The zero-order valence-corrected chi connectivity index (χ0v) is 14.9. The molecule has 9 heteroatoms. The van der Waals surface area contributed by atoms with Gasteiger partial charge in [0.15, 0.2) is 0 Å². The molecule has 1 saturated heterocycles. The van der Waals surface area contributed by atoms with E-state index in [0.717, 1.165) is 19.4 Å². The van der Waals surface area contributed by atoms with Crippen LogP contribution in [0.1, 0.15) is 28.8 Å². The number of alkyl halides is 2. The Morgan fingerprint density at radius 3 is 2.50 bits per heavy atom. The van der Waals surface area contributed by atoms with Gasteiger partial charge in [0.2, 0.25) is 9.84 Å². The summed E-state index contributed by atoms with van der Waals surface area (Å²) in [6.07, 6.45) is 1.89. The minimum absolute atomic E-state index is 0. The van der Waals surface area contributed by atoms with E-state index in [0.29, 0.717) is 12.1 Å². The summed E-state index contributed by atoms with van der Waals surface area (Å²) in [5.41, 5.74) is 0.682. The van der Waals surface area contributed by atoms with Crippen molar-refractivity contribution in [3.8, 4) is 0 Å². The molecule has 0 bridgehead atoms. The highest BCUT2D eigenvalue weighted by Crippen LogP contribution is 2.20. The highest BCUT2D eigenvalue weighted by atomic mass is 35.5. The fourth-order valence-electron chi connectivity index (χ4n) is 2.76. The first-order valence-corrected chi connectivity index (χ1v) is 9.11. The van der Waals surface area contributed by atoms with Gasteiger partial charge >= 0.3 is 5.76 Å². The van der Waals surface area contributed by atoms with E-state index in [1.807, 2.05) is 7.05 Å². The average molecular weight is 383 g/mol. The summed E-state index contributed by atoms with van der Waals surface area (Å²) in [7, 11) is -2.62. The number of hydrogen-bond acceptors (Lipinski definition) is 4. The van der Waals surface area contributed by atoms with Gasteiger partial charge in [0, 0.05) is 24.7 Å². The Morgan fingerprint density at radius 1 is 1.33 bits per heavy atom. The van der Waals surface area contributed by atoms with E-state index >= 15 is 0 Å². The Hall–Kier alpha value is -1.25. The lowest BCUT2D eigenvalue weighted by atomic mass is 10.1. The Labute approximate surface area is 146 Å². The fraction of sp³-hybridized carbons (Fsp3) is 0.533. The number of nitrogens with zero attached hydrogens (tertiary/aromatic N) is 1. The Balaban J connectivity index is 0.00000288. The molecule has 1 aliphatic rings. The number of likely N-dealkylation sites (tertiary alicyclic amines) is 1. The van der Waals surface area contributed by atoms with Crippen LogP contribution in [-0.2, 0) is 15.6 Å². The zero-order valence-electron chi connectivity index (χ0n) is 13.2. The van der Waals surface area contributed by atoms with Crippen LogP contribution in [0.4, 0.5) is 8.78 Å². The molecular weight excluding hydrogens is 362 g/mol. The third kappa shape index (κ3) is 4.87. The Morgan fingerprint density at radius 2 is 1.96 bits per heavy atom. The number of rotatable bonds is 6. The lowest BCUT2D eigenvalue weighted by molar-refractivity contribution is 0.0737. The Bertz CT molecular complexity index is 653. The second-order valence-corrected chi connectivity index (χ2v) is 7.59. The number of benzene rings is 1. The molecule has 1 aromatic rings. The standard InChI is InChI=1S/C15H20F2N2O3S.ClH/c1-18-9-13-3-2-8-19(13)14(20)12-6-4-11(5-7-12)10-23(21,22)15(16)17;/h4-7,13,15,18H,2-3,8-10H2,1H3;1H. The summed E-state index contributed by atoms with van der Waals surface area (Å²) in [6.45, 7) is 1.41. The van der Waals surface area contributed by atoms with Crippen molar-refractivity contribution in [1.29, 1.82) is 0 Å². The molecule has 0 aliphatic carbocycles. The third-order valence-corrected chi connectivity index (χ3v) is 5.20. The molecule has 0 radical (unpaired) electrons. The summed E-state index contributed by atoms with van der Waals surface area (Å²) >= 11 is 0. The monoisotopic (exact) mass is 382 g/mol. The van der Waals surface area contributed by atoms with E-state index < -0.39 is 21.3 Å². The molecule has 5 nitrogen and oxygen atoms in total. The van der Waals surface area contributed by atoms with E-state index in [1.165, 1.54) is 24.3 Å². The van der Waals surface area contributed by atoms with E-state index in [-0.39, 0.29) is 29.9 Å². The summed E-state index contributed by atoms with van der Waals surface area (Å²) in [4.78, 5) is 14.3. The molecule has 1 aliphatic heterocycles. The van der Waals surface area contributed by atoms with E-state index in [2.05, 4.69) is 5.32 Å². The molecule has 24 heavy (non-hydrogen) atoms. The third-order valence-electron chi connectivity index (χ3n) is 3.92. The largest absolute Gasteiger partial charge is 0.337 e. The van der Waals surface area contributed by atoms with Crippen molar-refractivity contribution in [2.45, 2.75) is 30.4 Å². The van der Waals surface area contributed by atoms with Crippen LogP contribution >= 0.6 is 12.4 Å². The molecule has 1 unspecified atom stereocenters. The number of sulfone groups is 1.